The van der Waals surface area contributed by atoms with Crippen LogP contribution in [0.4, 0.5) is 11.4 Å². The first kappa shape index (κ1) is 21.5. The Balaban J connectivity index is 1.79. The van der Waals surface area contributed by atoms with Crippen LogP contribution < -0.4 is 10.0 Å². The SMILES string of the molecule is CC(=O)c1cccc(NS(=O)(=O)c2ccc(NC(=O)c3ccc(Cl)cc3)c(C)c2)c1. The second-order valence-corrected chi connectivity index (χ2v) is 8.80. The molecule has 0 aliphatic carbocycles. The van der Waals surface area contributed by atoms with Crippen molar-refractivity contribution >= 4 is 44.7 Å². The van der Waals surface area contributed by atoms with E-state index in [4.69, 9.17) is 11.6 Å². The van der Waals surface area contributed by atoms with Gasteiger partial charge in [0.05, 0.1) is 4.90 Å². The number of hydrogen-bond donors (Lipinski definition) is 2. The molecule has 1 amide bonds. The van der Waals surface area contributed by atoms with E-state index in [-0.39, 0.29) is 16.6 Å². The van der Waals surface area contributed by atoms with E-state index in [1.165, 1.54) is 31.2 Å². The lowest BCUT2D eigenvalue weighted by Crippen LogP contribution is -2.15. The smallest absolute Gasteiger partial charge is 0.261 e. The Labute approximate surface area is 179 Å². The van der Waals surface area contributed by atoms with E-state index in [1.807, 2.05) is 0 Å². The number of benzene rings is 3. The number of ketones is 1. The molecule has 154 valence electrons. The maximum atomic E-state index is 12.7. The third-order valence-corrected chi connectivity index (χ3v) is 6.02. The van der Waals surface area contributed by atoms with Gasteiger partial charge in [-0.3, -0.25) is 14.3 Å². The molecule has 30 heavy (non-hydrogen) atoms. The highest BCUT2D eigenvalue weighted by molar-refractivity contribution is 7.92. The molecule has 8 heteroatoms. The summed E-state index contributed by atoms with van der Waals surface area (Å²) in [6.07, 6.45) is 0. The average Bonchev–Trinajstić information content (AvgIpc) is 2.69. The maximum absolute atomic E-state index is 12.7. The summed E-state index contributed by atoms with van der Waals surface area (Å²) >= 11 is 5.83. The van der Waals surface area contributed by atoms with Gasteiger partial charge in [0.25, 0.3) is 15.9 Å². The molecule has 0 saturated heterocycles. The number of Topliss-reactive ketones (excluding diaryl/α,β-unsaturated/α-hetero) is 1. The first-order valence-corrected chi connectivity index (χ1v) is 10.8. The van der Waals surface area contributed by atoms with Crippen LogP contribution in [0.25, 0.3) is 0 Å². The van der Waals surface area contributed by atoms with Crippen molar-refractivity contribution in [3.63, 3.8) is 0 Å². The summed E-state index contributed by atoms with van der Waals surface area (Å²) in [5, 5.41) is 3.29. The molecular formula is C22H19ClN2O4S. The Kier molecular flexibility index (Phi) is 6.24. The summed E-state index contributed by atoms with van der Waals surface area (Å²) < 4.78 is 27.9. The number of sulfonamides is 1. The molecular weight excluding hydrogens is 424 g/mol. The van der Waals surface area contributed by atoms with Gasteiger partial charge in [-0.2, -0.15) is 0 Å². The van der Waals surface area contributed by atoms with Crippen molar-refractivity contribution in [2.24, 2.45) is 0 Å². The predicted octanol–water partition coefficient (Wildman–Crippen LogP) is 4.90. The van der Waals surface area contributed by atoms with Crippen LogP contribution in [-0.2, 0) is 10.0 Å². The molecule has 3 rings (SSSR count). The van der Waals surface area contributed by atoms with Gasteiger partial charge in [0.1, 0.15) is 0 Å². The zero-order chi connectivity index (χ0) is 21.9. The third-order valence-electron chi connectivity index (χ3n) is 4.38. The first-order chi connectivity index (χ1) is 14.2. The van der Waals surface area contributed by atoms with Gasteiger partial charge in [-0.05, 0) is 74.0 Å². The van der Waals surface area contributed by atoms with Crippen molar-refractivity contribution < 1.29 is 18.0 Å². The summed E-state index contributed by atoms with van der Waals surface area (Å²) in [7, 11) is -3.87. The summed E-state index contributed by atoms with van der Waals surface area (Å²) in [6.45, 7) is 3.11. The van der Waals surface area contributed by atoms with Crippen molar-refractivity contribution in [1.29, 1.82) is 0 Å². The molecule has 0 bridgehead atoms. The van der Waals surface area contributed by atoms with Gasteiger partial charge in [-0.1, -0.05) is 23.7 Å². The molecule has 0 radical (unpaired) electrons. The van der Waals surface area contributed by atoms with Gasteiger partial charge in [0.15, 0.2) is 5.78 Å². The molecule has 3 aromatic rings. The fraction of sp³-hybridized carbons (Fsp3) is 0.0909. The first-order valence-electron chi connectivity index (χ1n) is 8.97. The van der Waals surface area contributed by atoms with E-state index in [9.17, 15) is 18.0 Å². The van der Waals surface area contributed by atoms with Crippen LogP contribution >= 0.6 is 11.6 Å². The normalized spacial score (nSPS) is 11.0. The molecule has 0 fully saturated rings. The third kappa shape index (κ3) is 5.06. The number of carbonyl (C=O) groups is 2. The Hall–Kier alpha value is -3.16. The molecule has 2 N–H and O–H groups in total. The fourth-order valence-electron chi connectivity index (χ4n) is 2.76. The zero-order valence-corrected chi connectivity index (χ0v) is 17.8. The van der Waals surface area contributed by atoms with E-state index in [2.05, 4.69) is 10.0 Å². The summed E-state index contributed by atoms with van der Waals surface area (Å²) in [5.41, 5.74) is 2.21. The van der Waals surface area contributed by atoms with E-state index >= 15 is 0 Å². The molecule has 0 heterocycles. The molecule has 0 spiro atoms. The second kappa shape index (κ2) is 8.69. The van der Waals surface area contributed by atoms with E-state index in [0.717, 1.165) is 0 Å². The molecule has 0 saturated carbocycles. The average molecular weight is 443 g/mol. The van der Waals surface area contributed by atoms with Gasteiger partial charge >= 0.3 is 0 Å². The van der Waals surface area contributed by atoms with Crippen LogP contribution in [0.3, 0.4) is 0 Å². The van der Waals surface area contributed by atoms with Gasteiger partial charge in [0, 0.05) is 27.5 Å². The largest absolute Gasteiger partial charge is 0.322 e. The van der Waals surface area contributed by atoms with Crippen LogP contribution in [0, 0.1) is 6.92 Å². The van der Waals surface area contributed by atoms with Crippen LogP contribution in [0.5, 0.6) is 0 Å². The number of anilines is 2. The van der Waals surface area contributed by atoms with Crippen molar-refractivity contribution in [3.05, 3.63) is 88.4 Å². The number of hydrogen-bond acceptors (Lipinski definition) is 4. The molecule has 0 aromatic heterocycles. The number of aryl methyl sites for hydroxylation is 1. The van der Waals surface area contributed by atoms with Crippen LogP contribution in [0.1, 0.15) is 33.2 Å². The molecule has 0 aliphatic heterocycles. The van der Waals surface area contributed by atoms with Crippen LogP contribution in [0.2, 0.25) is 5.02 Å². The highest BCUT2D eigenvalue weighted by atomic mass is 35.5. The van der Waals surface area contributed by atoms with Gasteiger partial charge < -0.3 is 5.32 Å². The van der Waals surface area contributed by atoms with Crippen LogP contribution in [0.15, 0.2) is 71.6 Å². The highest BCUT2D eigenvalue weighted by Crippen LogP contribution is 2.23. The standard InChI is InChI=1S/C22H19ClN2O4S/c1-14-12-20(30(28,29)25-19-5-3-4-17(13-19)15(2)26)10-11-21(14)24-22(27)16-6-8-18(23)9-7-16/h3-13,25H,1-2H3,(H,24,27). The Morgan fingerprint density at radius 3 is 2.23 bits per heavy atom. The lowest BCUT2D eigenvalue weighted by molar-refractivity contribution is 0.101. The maximum Gasteiger partial charge on any atom is 0.261 e. The van der Waals surface area contributed by atoms with Crippen molar-refractivity contribution in [2.45, 2.75) is 18.7 Å². The van der Waals surface area contributed by atoms with E-state index < -0.39 is 10.0 Å². The van der Waals surface area contributed by atoms with Crippen molar-refractivity contribution in [3.8, 4) is 0 Å². The summed E-state index contributed by atoms with van der Waals surface area (Å²) in [6, 6.07) is 17.1. The van der Waals surface area contributed by atoms with Gasteiger partial charge in [-0.15, -0.1) is 0 Å². The Morgan fingerprint density at radius 1 is 0.900 bits per heavy atom. The van der Waals surface area contributed by atoms with Gasteiger partial charge in [-0.25, -0.2) is 8.42 Å². The molecule has 6 nitrogen and oxygen atoms in total. The minimum Gasteiger partial charge on any atom is -0.322 e. The molecule has 3 aromatic carbocycles. The number of nitrogens with one attached hydrogen (secondary N) is 2. The van der Waals surface area contributed by atoms with E-state index in [0.29, 0.717) is 33.1 Å². The topological polar surface area (TPSA) is 92.3 Å². The lowest BCUT2D eigenvalue weighted by atomic mass is 10.1. The number of carbonyl (C=O) groups excluding carboxylic acids is 2. The number of amides is 1. The molecule has 0 aliphatic rings. The highest BCUT2D eigenvalue weighted by Gasteiger charge is 2.17. The van der Waals surface area contributed by atoms with Gasteiger partial charge in [0.2, 0.25) is 0 Å². The monoisotopic (exact) mass is 442 g/mol. The fourth-order valence-corrected chi connectivity index (χ4v) is 4.02. The minimum absolute atomic E-state index is 0.0396. The summed E-state index contributed by atoms with van der Waals surface area (Å²) in [5.74, 6) is -0.489. The number of halogens is 1. The van der Waals surface area contributed by atoms with Crippen molar-refractivity contribution in [1.82, 2.24) is 0 Å². The number of rotatable bonds is 6. The molecule has 0 atom stereocenters. The predicted molar refractivity (Wildman–Crippen MR) is 118 cm³/mol. The quantitative estimate of drug-likeness (QED) is 0.531. The molecule has 0 unspecified atom stereocenters. The van der Waals surface area contributed by atoms with Crippen molar-refractivity contribution in [2.75, 3.05) is 10.0 Å². The Morgan fingerprint density at radius 2 is 1.60 bits per heavy atom. The van der Waals surface area contributed by atoms with Crippen LogP contribution in [-0.4, -0.2) is 20.1 Å². The summed E-state index contributed by atoms with van der Waals surface area (Å²) in [4.78, 5) is 23.9. The Bertz CT molecular complexity index is 1220. The van der Waals surface area contributed by atoms with E-state index in [1.54, 1.807) is 49.4 Å². The minimum atomic E-state index is -3.87. The zero-order valence-electron chi connectivity index (χ0n) is 16.3. The lowest BCUT2D eigenvalue weighted by Gasteiger charge is -2.12. The second-order valence-electron chi connectivity index (χ2n) is 6.68.